The lowest BCUT2D eigenvalue weighted by Crippen LogP contribution is -2.45. The summed E-state index contributed by atoms with van der Waals surface area (Å²) in [6, 6.07) is 11.7. The van der Waals surface area contributed by atoms with Crippen LogP contribution in [0.5, 0.6) is 11.5 Å². The van der Waals surface area contributed by atoms with Gasteiger partial charge >= 0.3 is 12.1 Å². The van der Waals surface area contributed by atoms with E-state index in [2.05, 4.69) is 0 Å². The Kier molecular flexibility index (Phi) is 5.77. The number of nitrogens with zero attached hydrogens (tertiary/aromatic N) is 1. The maximum absolute atomic E-state index is 13.1. The predicted molar refractivity (Wildman–Crippen MR) is 105 cm³/mol. The number of hydrogen-bond donors (Lipinski definition) is 1. The van der Waals surface area contributed by atoms with Gasteiger partial charge in [-0.1, -0.05) is 12.1 Å². The number of carbonyl (C=O) groups excluding carboxylic acids is 1. The Balaban J connectivity index is 1.81. The summed E-state index contributed by atoms with van der Waals surface area (Å²) in [6.45, 7) is 5.51. The highest BCUT2D eigenvalue weighted by Crippen LogP contribution is 2.36. The summed E-state index contributed by atoms with van der Waals surface area (Å²) < 4.78 is 24.2. The third-order valence-corrected chi connectivity index (χ3v) is 4.61. The molecule has 0 aromatic heterocycles. The van der Waals surface area contributed by atoms with E-state index in [1.165, 1.54) is 29.2 Å². The van der Waals surface area contributed by atoms with Crippen molar-refractivity contribution in [2.45, 2.75) is 44.8 Å². The van der Waals surface area contributed by atoms with Gasteiger partial charge in [0.1, 0.15) is 29.0 Å². The zero-order valence-corrected chi connectivity index (χ0v) is 16.6. The number of likely N-dealkylation sites (tertiary alicyclic amines) is 1. The van der Waals surface area contributed by atoms with Gasteiger partial charge < -0.3 is 14.6 Å². The van der Waals surface area contributed by atoms with Gasteiger partial charge in [0.2, 0.25) is 0 Å². The molecule has 6 nitrogen and oxygen atoms in total. The van der Waals surface area contributed by atoms with E-state index in [1.54, 1.807) is 39.0 Å². The molecule has 2 atom stereocenters. The first-order valence-corrected chi connectivity index (χ1v) is 9.40. The van der Waals surface area contributed by atoms with Crippen molar-refractivity contribution in [3.8, 4) is 11.5 Å². The van der Waals surface area contributed by atoms with Crippen molar-refractivity contribution in [2.24, 2.45) is 0 Å². The van der Waals surface area contributed by atoms with E-state index in [0.717, 1.165) is 5.56 Å². The van der Waals surface area contributed by atoms with Gasteiger partial charge in [-0.3, -0.25) is 4.90 Å². The highest BCUT2D eigenvalue weighted by Gasteiger charge is 2.44. The van der Waals surface area contributed by atoms with Crippen LogP contribution in [0.1, 0.15) is 38.7 Å². The number of aliphatic carboxylic acids is 1. The Labute approximate surface area is 168 Å². The van der Waals surface area contributed by atoms with Crippen molar-refractivity contribution in [3.63, 3.8) is 0 Å². The minimum Gasteiger partial charge on any atom is -0.480 e. The van der Waals surface area contributed by atoms with Crippen molar-refractivity contribution in [1.29, 1.82) is 0 Å². The van der Waals surface area contributed by atoms with Crippen molar-refractivity contribution in [3.05, 3.63) is 59.9 Å². The van der Waals surface area contributed by atoms with E-state index in [9.17, 15) is 19.1 Å². The van der Waals surface area contributed by atoms with E-state index < -0.39 is 29.6 Å². The molecule has 1 aliphatic heterocycles. The molecule has 154 valence electrons. The van der Waals surface area contributed by atoms with E-state index in [1.807, 2.05) is 6.07 Å². The fraction of sp³-hybridized carbons (Fsp3) is 0.364. The van der Waals surface area contributed by atoms with Gasteiger partial charge in [-0.2, -0.15) is 0 Å². The van der Waals surface area contributed by atoms with Crippen LogP contribution in [0.25, 0.3) is 0 Å². The van der Waals surface area contributed by atoms with Gasteiger partial charge in [0, 0.05) is 12.5 Å². The summed E-state index contributed by atoms with van der Waals surface area (Å²) in [6.07, 6.45) is -0.137. The number of amides is 1. The van der Waals surface area contributed by atoms with Gasteiger partial charge in [-0.15, -0.1) is 0 Å². The van der Waals surface area contributed by atoms with Crippen LogP contribution in [0.15, 0.2) is 48.5 Å². The molecule has 7 heteroatoms. The van der Waals surface area contributed by atoms with Gasteiger partial charge in [0.25, 0.3) is 0 Å². The number of carbonyl (C=O) groups is 2. The molecule has 29 heavy (non-hydrogen) atoms. The van der Waals surface area contributed by atoms with Crippen LogP contribution < -0.4 is 4.74 Å². The van der Waals surface area contributed by atoms with Gasteiger partial charge in [-0.25, -0.2) is 14.0 Å². The molecule has 1 saturated heterocycles. The van der Waals surface area contributed by atoms with Gasteiger partial charge in [0.05, 0.1) is 0 Å². The van der Waals surface area contributed by atoms with Crippen LogP contribution in [-0.4, -0.2) is 40.3 Å². The molecule has 1 amide bonds. The normalized spacial score (nSPS) is 19.1. The molecule has 0 bridgehead atoms. The average molecular weight is 401 g/mol. The molecule has 0 aliphatic carbocycles. The van der Waals surface area contributed by atoms with Crippen LogP contribution in [-0.2, 0) is 9.53 Å². The Hall–Kier alpha value is -3.09. The molecule has 0 saturated carbocycles. The van der Waals surface area contributed by atoms with Crippen molar-refractivity contribution >= 4 is 12.1 Å². The molecule has 2 unspecified atom stereocenters. The third-order valence-electron chi connectivity index (χ3n) is 4.61. The second kappa shape index (κ2) is 8.11. The van der Waals surface area contributed by atoms with Crippen molar-refractivity contribution in [1.82, 2.24) is 4.90 Å². The third kappa shape index (κ3) is 5.04. The van der Waals surface area contributed by atoms with Crippen LogP contribution in [0.4, 0.5) is 9.18 Å². The lowest BCUT2D eigenvalue weighted by molar-refractivity contribution is -0.142. The van der Waals surface area contributed by atoms with Crippen LogP contribution in [0, 0.1) is 5.82 Å². The lowest BCUT2D eigenvalue weighted by atomic mass is 9.91. The Morgan fingerprint density at radius 3 is 2.41 bits per heavy atom. The highest BCUT2D eigenvalue weighted by molar-refractivity contribution is 5.82. The van der Waals surface area contributed by atoms with E-state index >= 15 is 0 Å². The smallest absolute Gasteiger partial charge is 0.411 e. The number of carboxylic acids is 1. The largest absolute Gasteiger partial charge is 0.480 e. The quantitative estimate of drug-likeness (QED) is 0.797. The molecule has 1 aliphatic rings. The first-order chi connectivity index (χ1) is 13.6. The molecular formula is C22H24FNO5. The molecular weight excluding hydrogens is 377 g/mol. The zero-order chi connectivity index (χ0) is 21.2. The summed E-state index contributed by atoms with van der Waals surface area (Å²) in [5.41, 5.74) is 0.0456. The maximum atomic E-state index is 13.1. The molecule has 1 N–H and O–H groups in total. The average Bonchev–Trinajstić information content (AvgIpc) is 3.08. The standard InChI is InChI=1S/C22H24FNO5/c1-22(2,3)29-21(27)24-12-11-18(19(24)20(25)26)14-5-4-6-17(13-14)28-16-9-7-15(23)8-10-16/h4-10,13,18-19H,11-12H2,1-3H3,(H,25,26). The van der Waals surface area contributed by atoms with E-state index in [0.29, 0.717) is 24.5 Å². The second-order valence-electron chi connectivity index (χ2n) is 7.98. The predicted octanol–water partition coefficient (Wildman–Crippen LogP) is 4.80. The fourth-order valence-corrected chi connectivity index (χ4v) is 3.42. The topological polar surface area (TPSA) is 76.1 Å². The first-order valence-electron chi connectivity index (χ1n) is 9.40. The Morgan fingerprint density at radius 2 is 1.79 bits per heavy atom. The molecule has 3 rings (SSSR count). The number of rotatable bonds is 4. The number of carboxylic acid groups (broad SMARTS) is 1. The summed E-state index contributed by atoms with van der Waals surface area (Å²) in [5, 5.41) is 9.78. The number of ether oxygens (including phenoxy) is 2. The summed E-state index contributed by atoms with van der Waals surface area (Å²) >= 11 is 0. The van der Waals surface area contributed by atoms with Crippen molar-refractivity contribution < 1.29 is 28.6 Å². The summed E-state index contributed by atoms with van der Waals surface area (Å²) in [7, 11) is 0. The monoisotopic (exact) mass is 401 g/mol. The fourth-order valence-electron chi connectivity index (χ4n) is 3.42. The number of halogens is 1. The van der Waals surface area contributed by atoms with Gasteiger partial charge in [-0.05, 0) is 69.2 Å². The molecule has 0 radical (unpaired) electrons. The first kappa shape index (κ1) is 20.6. The van der Waals surface area contributed by atoms with Crippen LogP contribution in [0.3, 0.4) is 0 Å². The minimum absolute atomic E-state index is 0.291. The molecule has 1 fully saturated rings. The highest BCUT2D eigenvalue weighted by atomic mass is 19.1. The molecule has 0 spiro atoms. The summed E-state index contributed by atoms with van der Waals surface area (Å²) in [4.78, 5) is 25.7. The van der Waals surface area contributed by atoms with Gasteiger partial charge in [0.15, 0.2) is 0 Å². The van der Waals surface area contributed by atoms with E-state index in [-0.39, 0.29) is 5.82 Å². The van der Waals surface area contributed by atoms with Crippen LogP contribution in [0.2, 0.25) is 0 Å². The summed E-state index contributed by atoms with van der Waals surface area (Å²) in [5.74, 6) is -0.849. The Bertz CT molecular complexity index is 891. The lowest BCUT2D eigenvalue weighted by Gasteiger charge is -2.28. The number of hydrogen-bond acceptors (Lipinski definition) is 4. The van der Waals surface area contributed by atoms with Crippen LogP contribution >= 0.6 is 0 Å². The minimum atomic E-state index is -1.08. The molecule has 2 aromatic carbocycles. The molecule has 2 aromatic rings. The Morgan fingerprint density at radius 1 is 1.10 bits per heavy atom. The molecule has 1 heterocycles. The maximum Gasteiger partial charge on any atom is 0.411 e. The van der Waals surface area contributed by atoms with Crippen molar-refractivity contribution in [2.75, 3.05) is 6.54 Å². The zero-order valence-electron chi connectivity index (χ0n) is 16.6. The van der Waals surface area contributed by atoms with E-state index in [4.69, 9.17) is 9.47 Å². The second-order valence-corrected chi connectivity index (χ2v) is 7.98. The SMILES string of the molecule is CC(C)(C)OC(=O)N1CCC(c2cccc(Oc3ccc(F)cc3)c2)C1C(=O)O. The number of benzene rings is 2.